The number of benzene rings is 1. The van der Waals surface area contributed by atoms with E-state index in [1.807, 2.05) is 24.3 Å². The maximum absolute atomic E-state index is 11.6. The Bertz CT molecular complexity index is 547. The molecule has 0 spiro atoms. The first kappa shape index (κ1) is 23.3. The summed E-state index contributed by atoms with van der Waals surface area (Å²) in [4.78, 5) is 16.2. The minimum atomic E-state index is -0.0606. The number of carbonyl (C=O) groups excluding carboxylic acids is 1. The van der Waals surface area contributed by atoms with Crippen LogP contribution in [-0.2, 0) is 16.0 Å². The van der Waals surface area contributed by atoms with Crippen LogP contribution >= 0.6 is 11.6 Å². The molecule has 28 heavy (non-hydrogen) atoms. The molecule has 1 unspecified atom stereocenters. The zero-order chi connectivity index (χ0) is 20.2. The van der Waals surface area contributed by atoms with Crippen molar-refractivity contribution >= 4 is 17.9 Å². The largest absolute Gasteiger partial charge is 0.395 e. The lowest BCUT2D eigenvalue weighted by Crippen LogP contribution is -2.44. The number of piperidine rings is 1. The molecule has 1 aromatic rings. The smallest absolute Gasteiger partial charge is 0.137 e. The van der Waals surface area contributed by atoms with Crippen molar-refractivity contribution in [1.82, 2.24) is 9.80 Å². The molecule has 0 radical (unpaired) electrons. The summed E-state index contributed by atoms with van der Waals surface area (Å²) in [5.41, 5.74) is 1.15. The second kappa shape index (κ2) is 13.3. The van der Waals surface area contributed by atoms with Crippen LogP contribution in [0, 0.1) is 5.92 Å². The van der Waals surface area contributed by atoms with Gasteiger partial charge in [0.2, 0.25) is 0 Å². The maximum Gasteiger partial charge on any atom is 0.137 e. The molecule has 1 aliphatic heterocycles. The average Bonchev–Trinajstić information content (AvgIpc) is 2.73. The van der Waals surface area contributed by atoms with Crippen molar-refractivity contribution < 1.29 is 14.6 Å². The summed E-state index contributed by atoms with van der Waals surface area (Å²) in [6.07, 6.45) is 4.98. The van der Waals surface area contributed by atoms with Crippen LogP contribution in [0.15, 0.2) is 24.3 Å². The molecule has 1 atom stereocenters. The summed E-state index contributed by atoms with van der Waals surface area (Å²) in [6.45, 7) is 8.49. The van der Waals surface area contributed by atoms with Crippen molar-refractivity contribution in [2.45, 2.75) is 38.6 Å². The van der Waals surface area contributed by atoms with Crippen LogP contribution in [-0.4, -0.2) is 79.8 Å². The first-order chi connectivity index (χ1) is 13.7. The number of likely N-dealkylation sites (N-methyl/N-ethyl adjacent to an activating group) is 1. The molecule has 5 nitrogen and oxygen atoms in total. The molecule has 0 aliphatic carbocycles. The Morgan fingerprint density at radius 3 is 2.61 bits per heavy atom. The number of ether oxygens (including phenoxy) is 1. The molecule has 0 saturated carbocycles. The number of aldehydes is 1. The number of carbonyl (C=O) groups is 1. The van der Waals surface area contributed by atoms with Gasteiger partial charge in [0.25, 0.3) is 0 Å². The van der Waals surface area contributed by atoms with Crippen LogP contribution in [0.2, 0.25) is 5.02 Å². The average molecular weight is 411 g/mol. The summed E-state index contributed by atoms with van der Waals surface area (Å²) < 4.78 is 5.89. The van der Waals surface area contributed by atoms with Crippen molar-refractivity contribution in [3.63, 3.8) is 0 Å². The third-order valence-corrected chi connectivity index (χ3v) is 5.87. The van der Waals surface area contributed by atoms with Gasteiger partial charge in [0, 0.05) is 31.3 Å². The second-order valence-corrected chi connectivity index (χ2v) is 8.04. The van der Waals surface area contributed by atoms with Crippen LogP contribution in [0.5, 0.6) is 0 Å². The fourth-order valence-electron chi connectivity index (χ4n) is 3.79. The molecule has 158 valence electrons. The second-order valence-electron chi connectivity index (χ2n) is 7.60. The summed E-state index contributed by atoms with van der Waals surface area (Å²) in [6, 6.07) is 7.70. The Hall–Kier alpha value is -0.980. The summed E-state index contributed by atoms with van der Waals surface area (Å²) in [5.74, 6) is 0.582. The lowest BCUT2D eigenvalue weighted by Gasteiger charge is -2.35. The van der Waals surface area contributed by atoms with Crippen LogP contribution in [0.25, 0.3) is 0 Å². The fourth-order valence-corrected chi connectivity index (χ4v) is 3.91. The molecule has 1 heterocycles. The predicted molar refractivity (Wildman–Crippen MR) is 114 cm³/mol. The predicted octanol–water partition coefficient (Wildman–Crippen LogP) is 2.88. The van der Waals surface area contributed by atoms with E-state index in [4.69, 9.17) is 21.4 Å². The Morgan fingerprint density at radius 1 is 1.29 bits per heavy atom. The number of halogens is 1. The Morgan fingerprint density at radius 2 is 2.00 bits per heavy atom. The van der Waals surface area contributed by atoms with Crippen molar-refractivity contribution in [1.29, 1.82) is 0 Å². The number of aliphatic hydroxyl groups excluding tert-OH is 1. The van der Waals surface area contributed by atoms with Gasteiger partial charge in [0.15, 0.2) is 0 Å². The SMILES string of the molecule is CCN(CCO)CCCOCC1CCN(C(C=O)Cc2ccc(Cl)cc2)CC1. The molecule has 2 rings (SSSR count). The van der Waals surface area contributed by atoms with E-state index in [0.717, 1.165) is 88.5 Å². The standard InChI is InChI=1S/C22H35ClN2O3/c1-2-24(13-14-26)10-3-15-28-18-20-8-11-25(12-9-20)22(17-27)16-19-4-6-21(23)7-5-19/h4-7,17,20,22,26H,2-3,8-16,18H2,1H3. The van der Waals surface area contributed by atoms with Gasteiger partial charge in [-0.1, -0.05) is 30.7 Å². The molecule has 1 fully saturated rings. The normalized spacial score (nSPS) is 17.1. The van der Waals surface area contributed by atoms with Gasteiger partial charge in [0.1, 0.15) is 6.29 Å². The van der Waals surface area contributed by atoms with Gasteiger partial charge in [0.05, 0.1) is 12.6 Å². The fraction of sp³-hybridized carbons (Fsp3) is 0.682. The minimum absolute atomic E-state index is 0.0606. The lowest BCUT2D eigenvalue weighted by atomic mass is 9.95. The highest BCUT2D eigenvalue weighted by Crippen LogP contribution is 2.21. The first-order valence-electron chi connectivity index (χ1n) is 10.5. The van der Waals surface area contributed by atoms with E-state index in [-0.39, 0.29) is 12.6 Å². The molecule has 0 aromatic heterocycles. The number of likely N-dealkylation sites (tertiary alicyclic amines) is 1. The van der Waals surface area contributed by atoms with Crippen molar-refractivity contribution in [3.8, 4) is 0 Å². The number of hydrogen-bond donors (Lipinski definition) is 1. The Labute approximate surface area is 174 Å². The number of aliphatic hydroxyl groups is 1. The highest BCUT2D eigenvalue weighted by molar-refractivity contribution is 6.30. The van der Waals surface area contributed by atoms with Crippen molar-refractivity contribution in [3.05, 3.63) is 34.9 Å². The molecule has 0 bridgehead atoms. The van der Waals surface area contributed by atoms with Gasteiger partial charge >= 0.3 is 0 Å². The maximum atomic E-state index is 11.6. The van der Waals surface area contributed by atoms with Gasteiger partial charge in [-0.3, -0.25) is 4.90 Å². The number of rotatable bonds is 13. The van der Waals surface area contributed by atoms with Crippen LogP contribution < -0.4 is 0 Å². The third-order valence-electron chi connectivity index (χ3n) is 5.61. The monoisotopic (exact) mass is 410 g/mol. The molecule has 1 N–H and O–H groups in total. The van der Waals surface area contributed by atoms with Gasteiger partial charge in [-0.25, -0.2) is 0 Å². The van der Waals surface area contributed by atoms with Gasteiger partial charge in [-0.05, 0) is 68.9 Å². The first-order valence-corrected chi connectivity index (χ1v) is 10.9. The quantitative estimate of drug-likeness (QED) is 0.400. The molecule has 1 saturated heterocycles. The van der Waals surface area contributed by atoms with E-state index in [1.165, 1.54) is 0 Å². The molecule has 1 aromatic carbocycles. The van der Waals surface area contributed by atoms with E-state index in [0.29, 0.717) is 5.92 Å². The van der Waals surface area contributed by atoms with Gasteiger partial charge in [-0.15, -0.1) is 0 Å². The van der Waals surface area contributed by atoms with Crippen LogP contribution in [0.4, 0.5) is 0 Å². The zero-order valence-electron chi connectivity index (χ0n) is 17.1. The van der Waals surface area contributed by atoms with E-state index in [2.05, 4.69) is 16.7 Å². The molecule has 0 amide bonds. The van der Waals surface area contributed by atoms with Gasteiger partial charge < -0.3 is 19.5 Å². The minimum Gasteiger partial charge on any atom is -0.395 e. The molecule has 1 aliphatic rings. The highest BCUT2D eigenvalue weighted by Gasteiger charge is 2.25. The molecular weight excluding hydrogens is 376 g/mol. The van der Waals surface area contributed by atoms with Crippen LogP contribution in [0.3, 0.4) is 0 Å². The number of nitrogens with zero attached hydrogens (tertiary/aromatic N) is 2. The zero-order valence-corrected chi connectivity index (χ0v) is 17.8. The van der Waals surface area contributed by atoms with E-state index >= 15 is 0 Å². The summed E-state index contributed by atoms with van der Waals surface area (Å²) in [5, 5.41) is 9.73. The topological polar surface area (TPSA) is 53.0 Å². The summed E-state index contributed by atoms with van der Waals surface area (Å²) >= 11 is 5.94. The Balaban J connectivity index is 1.63. The van der Waals surface area contributed by atoms with Crippen molar-refractivity contribution in [2.75, 3.05) is 52.5 Å². The van der Waals surface area contributed by atoms with E-state index < -0.39 is 0 Å². The van der Waals surface area contributed by atoms with E-state index in [1.54, 1.807) is 0 Å². The lowest BCUT2D eigenvalue weighted by molar-refractivity contribution is -0.113. The third kappa shape index (κ3) is 8.18. The van der Waals surface area contributed by atoms with Crippen molar-refractivity contribution in [2.24, 2.45) is 5.92 Å². The number of hydrogen-bond acceptors (Lipinski definition) is 5. The van der Waals surface area contributed by atoms with Crippen LogP contribution in [0.1, 0.15) is 31.7 Å². The Kier molecular flexibility index (Phi) is 11.1. The van der Waals surface area contributed by atoms with E-state index in [9.17, 15) is 4.79 Å². The van der Waals surface area contributed by atoms with Gasteiger partial charge in [-0.2, -0.15) is 0 Å². The molecule has 6 heteroatoms. The summed E-state index contributed by atoms with van der Waals surface area (Å²) in [7, 11) is 0. The highest BCUT2D eigenvalue weighted by atomic mass is 35.5. The molecular formula is C22H35ClN2O3.